The number of hydrogen-bond donors (Lipinski definition) is 1. The molecule has 1 heterocycles. The maximum absolute atomic E-state index is 7.86. The van der Waals surface area contributed by atoms with Gasteiger partial charge in [0.1, 0.15) is 0 Å². The molecule has 1 saturated carbocycles. The van der Waals surface area contributed by atoms with Crippen LogP contribution in [0, 0.1) is 0 Å². The lowest BCUT2D eigenvalue weighted by molar-refractivity contribution is 1.02. The second-order valence-electron chi connectivity index (χ2n) is 1.86. The van der Waals surface area contributed by atoms with Crippen LogP contribution in [0.3, 0.4) is 0 Å². The minimum atomic E-state index is -2.51. The molecule has 0 spiro atoms. The number of rotatable bonds is 1. The van der Waals surface area contributed by atoms with E-state index in [1.165, 1.54) is 0 Å². The molecule has 2 heteroatoms. The zero-order valence-corrected chi connectivity index (χ0v) is 5.02. The number of nitrogen functional groups attached to an aromatic ring is 1. The molecular weight excluding hydrogens is 124 g/mol. The molecule has 0 amide bonds. The van der Waals surface area contributed by atoms with Gasteiger partial charge in [0, 0.05) is 30.3 Å². The fourth-order valence-electron chi connectivity index (χ4n) is 0.599. The van der Waals surface area contributed by atoms with Gasteiger partial charge in [-0.1, -0.05) is 0 Å². The van der Waals surface area contributed by atoms with Crippen molar-refractivity contribution >= 4 is 5.69 Å². The normalized spacial score (nSPS) is 42.0. The summed E-state index contributed by atoms with van der Waals surface area (Å²) in [6, 6.07) is -1.04. The third-order valence-corrected chi connectivity index (χ3v) is 1.10. The number of pyridine rings is 1. The van der Waals surface area contributed by atoms with E-state index in [1.54, 1.807) is 0 Å². The highest BCUT2D eigenvalue weighted by Crippen LogP contribution is 2.39. The van der Waals surface area contributed by atoms with Crippen molar-refractivity contribution in [1.82, 2.24) is 4.98 Å². The molecule has 0 unspecified atom stereocenters. The lowest BCUT2D eigenvalue weighted by atomic mass is 10.2. The molecule has 0 aromatic carbocycles. The molecule has 2 rings (SSSR count). The molecule has 0 bridgehead atoms. The lowest BCUT2D eigenvalue weighted by Crippen LogP contribution is -1.89. The van der Waals surface area contributed by atoms with Gasteiger partial charge in [-0.05, 0) is 24.8 Å². The molecule has 0 atom stereocenters. The molecule has 1 aromatic heterocycles. The first-order valence-electron chi connectivity index (χ1n) is 6.74. The predicted octanol–water partition coefficient (Wildman–Crippen LogP) is 1.54. The van der Waals surface area contributed by atoms with Crippen LogP contribution in [0.15, 0.2) is 18.3 Å². The molecule has 1 aliphatic carbocycles. The quantitative estimate of drug-likeness (QED) is 0.646. The van der Waals surface area contributed by atoms with E-state index < -0.39 is 48.3 Å². The van der Waals surface area contributed by atoms with E-state index in [1.807, 2.05) is 0 Å². The van der Waals surface area contributed by atoms with Crippen LogP contribution in [0.5, 0.6) is 0 Å². The maximum atomic E-state index is 7.86. The highest BCUT2D eigenvalue weighted by molar-refractivity contribution is 5.38. The number of nitrogens with zero attached hydrogens (tertiary/aromatic N) is 1. The van der Waals surface area contributed by atoms with Crippen molar-refractivity contribution in [3.8, 4) is 0 Å². The predicted molar refractivity (Wildman–Crippen MR) is 40.6 cm³/mol. The van der Waals surface area contributed by atoms with Crippen molar-refractivity contribution in [1.29, 1.82) is 0 Å². The third kappa shape index (κ3) is 0.967. The summed E-state index contributed by atoms with van der Waals surface area (Å²) in [6.07, 6.45) is -5.61. The first-order valence-corrected chi connectivity index (χ1v) is 2.74. The molecule has 2 N–H and O–H groups in total. The summed E-state index contributed by atoms with van der Waals surface area (Å²) in [4.78, 5) is 3.50. The topological polar surface area (TPSA) is 38.9 Å². The fraction of sp³-hybridized carbons (Fsp3) is 0.375. The van der Waals surface area contributed by atoms with E-state index in [9.17, 15) is 0 Å². The van der Waals surface area contributed by atoms with Crippen LogP contribution in [0.1, 0.15) is 35.3 Å². The van der Waals surface area contributed by atoms with Crippen LogP contribution < -0.4 is 5.73 Å². The van der Waals surface area contributed by atoms with Crippen LogP contribution in [-0.4, -0.2) is 4.98 Å². The molecule has 1 aromatic rings. The van der Waals surface area contributed by atoms with Crippen LogP contribution in [0.4, 0.5) is 5.69 Å². The van der Waals surface area contributed by atoms with E-state index in [0.29, 0.717) is 0 Å². The molecule has 10 heavy (non-hydrogen) atoms. The Hall–Kier alpha value is -1.05. The van der Waals surface area contributed by atoms with Crippen LogP contribution in [0.2, 0.25) is 0 Å². The average Bonchev–Trinajstić information content (AvgIpc) is 2.59. The Morgan fingerprint density at radius 2 is 2.70 bits per heavy atom. The van der Waals surface area contributed by atoms with E-state index in [4.69, 9.17) is 16.7 Å². The van der Waals surface area contributed by atoms with Gasteiger partial charge in [0.2, 0.25) is 0 Å². The Morgan fingerprint density at radius 3 is 3.40 bits per heavy atom. The minimum absolute atomic E-state index is 0.393. The second kappa shape index (κ2) is 1.97. The fourth-order valence-corrected chi connectivity index (χ4v) is 0.599. The first kappa shape index (κ1) is 1.76. The van der Waals surface area contributed by atoms with Crippen molar-refractivity contribution in [3.63, 3.8) is 0 Å². The van der Waals surface area contributed by atoms with Gasteiger partial charge in [0.05, 0.1) is 4.11 Å². The zero-order valence-electron chi connectivity index (χ0n) is 13.0. The molecule has 1 fully saturated rings. The van der Waals surface area contributed by atoms with Gasteiger partial charge in [-0.25, -0.2) is 0 Å². The monoisotopic (exact) mass is 142 g/mol. The molecule has 0 aliphatic heterocycles. The molecule has 1 aliphatic rings. The van der Waals surface area contributed by atoms with Crippen LogP contribution >= 0.6 is 0 Å². The minimum Gasteiger partial charge on any atom is -0.399 e. The summed E-state index contributed by atoms with van der Waals surface area (Å²) in [5, 5.41) is 0. The third-order valence-electron chi connectivity index (χ3n) is 1.10. The van der Waals surface area contributed by atoms with Gasteiger partial charge in [-0.3, -0.25) is 4.98 Å². The van der Waals surface area contributed by atoms with E-state index in [0.717, 1.165) is 0 Å². The molecule has 52 valence electrons. The largest absolute Gasteiger partial charge is 0.399 e. The highest BCUT2D eigenvalue weighted by atomic mass is 14.7. The van der Waals surface area contributed by atoms with Crippen molar-refractivity contribution in [2.45, 2.75) is 18.6 Å². The van der Waals surface area contributed by atoms with E-state index >= 15 is 0 Å². The lowest BCUT2D eigenvalue weighted by Gasteiger charge is -1.96. The number of hydrogen-bond acceptors (Lipinski definition) is 2. The molecule has 2 nitrogen and oxygen atoms in total. The summed E-state index contributed by atoms with van der Waals surface area (Å²) in [6.45, 7) is 0. The zero-order chi connectivity index (χ0) is 14.1. The summed E-state index contributed by atoms with van der Waals surface area (Å²) in [7, 11) is 0. The first-order chi connectivity index (χ1) is 8.00. The summed E-state index contributed by atoms with van der Waals surface area (Å²) in [5.41, 5.74) is 4.50. The van der Waals surface area contributed by atoms with Crippen molar-refractivity contribution in [3.05, 3.63) is 24.0 Å². The molecular formula is C8H10N2. The number of aromatic nitrogens is 1. The highest BCUT2D eigenvalue weighted by Gasteiger charge is 2.24. The Morgan fingerprint density at radius 1 is 1.90 bits per heavy atom. The summed E-state index contributed by atoms with van der Waals surface area (Å²) in [5.74, 6) is -2.37. The standard InChI is InChI=1S/C8H10N2/c9-7-3-4-10-8(5-7)6-1-2-6/h3-6H,1-2H2,(H2,9,10)/i1D2,2D2,3D,4D,5D,6D. The van der Waals surface area contributed by atoms with E-state index in [2.05, 4.69) is 4.98 Å². The van der Waals surface area contributed by atoms with Gasteiger partial charge >= 0.3 is 0 Å². The number of nitrogens with two attached hydrogens (primary N) is 1. The molecule has 0 radical (unpaired) electrons. The Labute approximate surface area is 71.3 Å². The van der Waals surface area contributed by atoms with Gasteiger partial charge in [-0.2, -0.15) is 0 Å². The summed E-state index contributed by atoms with van der Waals surface area (Å²) >= 11 is 0. The Kier molecular flexibility index (Phi) is 0.346. The van der Waals surface area contributed by atoms with Crippen molar-refractivity contribution in [2.75, 3.05) is 5.73 Å². The Bertz CT molecular complexity index is 526. The Balaban J connectivity index is 2.70. The van der Waals surface area contributed by atoms with E-state index in [-0.39, 0.29) is 0 Å². The van der Waals surface area contributed by atoms with Gasteiger partial charge < -0.3 is 5.73 Å². The van der Waals surface area contributed by atoms with Crippen molar-refractivity contribution < 1.29 is 11.0 Å². The summed E-state index contributed by atoms with van der Waals surface area (Å²) < 4.78 is 60.1. The smallest absolute Gasteiger partial charge is 0.0841 e. The van der Waals surface area contributed by atoms with Gasteiger partial charge in [-0.15, -0.1) is 0 Å². The average molecular weight is 142 g/mol. The SMILES string of the molecule is [2H]c1nc(C2([2H])C([2H])([2H])C2([2H])[2H])c([2H])c(N)c1[2H]. The van der Waals surface area contributed by atoms with Gasteiger partial charge in [0.25, 0.3) is 0 Å². The van der Waals surface area contributed by atoms with Crippen molar-refractivity contribution in [2.24, 2.45) is 0 Å². The van der Waals surface area contributed by atoms with Crippen LogP contribution in [-0.2, 0) is 0 Å². The number of anilines is 1. The second-order valence-corrected chi connectivity index (χ2v) is 1.86. The van der Waals surface area contributed by atoms with Crippen LogP contribution in [0.25, 0.3) is 0 Å². The maximum Gasteiger partial charge on any atom is 0.0841 e. The molecule has 0 saturated heterocycles. The van der Waals surface area contributed by atoms with Gasteiger partial charge in [0.15, 0.2) is 0 Å².